The first-order chi connectivity index (χ1) is 10.1. The molecule has 6 nitrogen and oxygen atoms in total. The molecule has 0 aliphatic heterocycles. The number of ether oxygens (including phenoxy) is 1. The lowest BCUT2D eigenvalue weighted by molar-refractivity contribution is -0.116. The number of nitrogens with zero attached hydrogens (tertiary/aromatic N) is 1. The van der Waals surface area contributed by atoms with Gasteiger partial charge in [0.05, 0.1) is 25.6 Å². The van der Waals surface area contributed by atoms with Crippen LogP contribution in [0.5, 0.6) is 5.75 Å². The summed E-state index contributed by atoms with van der Waals surface area (Å²) < 4.78 is 29.7. The van der Waals surface area contributed by atoms with E-state index in [1.54, 1.807) is 18.2 Å². The van der Waals surface area contributed by atoms with Gasteiger partial charge in [-0.1, -0.05) is 25.4 Å². The highest BCUT2D eigenvalue weighted by Crippen LogP contribution is 2.27. The molecule has 0 unspecified atom stereocenters. The quantitative estimate of drug-likeness (QED) is 0.819. The van der Waals surface area contributed by atoms with Gasteiger partial charge in [-0.25, -0.2) is 8.42 Å². The van der Waals surface area contributed by atoms with Crippen molar-refractivity contribution in [1.29, 1.82) is 0 Å². The number of halogens is 1. The van der Waals surface area contributed by atoms with Crippen LogP contribution in [0, 0.1) is 5.92 Å². The van der Waals surface area contributed by atoms with E-state index in [0.717, 1.165) is 10.6 Å². The second-order valence-corrected chi connectivity index (χ2v) is 7.76. The van der Waals surface area contributed by atoms with E-state index in [4.69, 9.17) is 16.3 Å². The van der Waals surface area contributed by atoms with Gasteiger partial charge in [0.15, 0.2) is 0 Å². The first-order valence-electron chi connectivity index (χ1n) is 6.72. The summed E-state index contributed by atoms with van der Waals surface area (Å²) in [6.07, 6.45) is 1.09. The van der Waals surface area contributed by atoms with Gasteiger partial charge >= 0.3 is 0 Å². The highest BCUT2D eigenvalue weighted by atomic mass is 35.5. The lowest BCUT2D eigenvalue weighted by Crippen LogP contribution is -2.39. The molecule has 124 valence electrons. The average Bonchev–Trinajstić information content (AvgIpc) is 2.36. The molecule has 0 saturated carbocycles. The molecule has 0 atom stereocenters. The number of amides is 1. The Labute approximate surface area is 136 Å². The number of anilines is 1. The molecule has 0 spiro atoms. The Hall–Kier alpha value is -1.31. The number of nitrogens with one attached hydrogen (secondary N) is 1. The monoisotopic (exact) mass is 348 g/mol. The lowest BCUT2D eigenvalue weighted by Gasteiger charge is -2.21. The van der Waals surface area contributed by atoms with Crippen LogP contribution in [0.4, 0.5) is 5.69 Å². The molecule has 1 N–H and O–H groups in total. The fraction of sp³-hybridized carbons (Fsp3) is 0.500. The Kier molecular flexibility index (Phi) is 6.65. The van der Waals surface area contributed by atoms with Crippen molar-refractivity contribution in [3.05, 3.63) is 23.2 Å². The van der Waals surface area contributed by atoms with Crippen molar-refractivity contribution >= 4 is 33.2 Å². The topological polar surface area (TPSA) is 75.7 Å². The molecule has 0 aromatic heterocycles. The Morgan fingerprint density at radius 1 is 1.41 bits per heavy atom. The van der Waals surface area contributed by atoms with Gasteiger partial charge in [-0.15, -0.1) is 0 Å². The van der Waals surface area contributed by atoms with Crippen LogP contribution in [-0.4, -0.2) is 45.1 Å². The van der Waals surface area contributed by atoms with Crippen molar-refractivity contribution in [1.82, 2.24) is 4.31 Å². The fourth-order valence-electron chi connectivity index (χ4n) is 1.85. The van der Waals surface area contributed by atoms with Crippen molar-refractivity contribution in [2.45, 2.75) is 13.8 Å². The molecule has 0 saturated heterocycles. The van der Waals surface area contributed by atoms with E-state index in [-0.39, 0.29) is 19.0 Å². The van der Waals surface area contributed by atoms with Crippen LogP contribution in [0.1, 0.15) is 13.8 Å². The summed E-state index contributed by atoms with van der Waals surface area (Å²) in [5, 5.41) is 3.07. The minimum Gasteiger partial charge on any atom is -0.495 e. The van der Waals surface area contributed by atoms with E-state index in [9.17, 15) is 13.2 Å². The number of carbonyl (C=O) groups is 1. The maximum absolute atomic E-state index is 12.1. The summed E-state index contributed by atoms with van der Waals surface area (Å²) in [4.78, 5) is 12.1. The zero-order valence-electron chi connectivity index (χ0n) is 13.1. The molecule has 1 aromatic rings. The SMILES string of the molecule is COc1ccc(Cl)cc1NC(=O)CN(CC(C)C)S(C)(=O)=O. The third-order valence-corrected chi connectivity index (χ3v) is 4.24. The molecule has 0 aliphatic rings. The lowest BCUT2D eigenvalue weighted by atomic mass is 10.2. The van der Waals surface area contributed by atoms with Gasteiger partial charge in [-0.3, -0.25) is 4.79 Å². The number of hydrogen-bond acceptors (Lipinski definition) is 4. The fourth-order valence-corrected chi connectivity index (χ4v) is 2.95. The van der Waals surface area contributed by atoms with E-state index in [1.165, 1.54) is 7.11 Å². The molecule has 1 rings (SSSR count). The summed E-state index contributed by atoms with van der Waals surface area (Å²) in [6, 6.07) is 4.81. The highest BCUT2D eigenvalue weighted by Gasteiger charge is 2.21. The number of hydrogen-bond donors (Lipinski definition) is 1. The highest BCUT2D eigenvalue weighted by molar-refractivity contribution is 7.88. The number of rotatable bonds is 7. The smallest absolute Gasteiger partial charge is 0.239 e. The molecule has 0 radical (unpaired) electrons. The Bertz CT molecular complexity index is 632. The van der Waals surface area contributed by atoms with Crippen LogP contribution in [0.25, 0.3) is 0 Å². The predicted molar refractivity (Wildman–Crippen MR) is 87.9 cm³/mol. The van der Waals surface area contributed by atoms with Crippen molar-refractivity contribution in [3.8, 4) is 5.75 Å². The van der Waals surface area contributed by atoms with Crippen LogP contribution in [0.3, 0.4) is 0 Å². The second-order valence-electron chi connectivity index (χ2n) is 5.34. The second kappa shape index (κ2) is 7.80. The minimum absolute atomic E-state index is 0.114. The molecular formula is C14H21ClN2O4S. The molecule has 0 fully saturated rings. The van der Waals surface area contributed by atoms with Crippen molar-refractivity contribution in [2.24, 2.45) is 5.92 Å². The van der Waals surface area contributed by atoms with Crippen LogP contribution in [-0.2, 0) is 14.8 Å². The first kappa shape index (κ1) is 18.7. The number of carbonyl (C=O) groups excluding carboxylic acids is 1. The predicted octanol–water partition coefficient (Wildman–Crippen LogP) is 2.20. The standard InChI is InChI=1S/C14H21ClN2O4S/c1-10(2)8-17(22(4,19)20)9-14(18)16-12-7-11(15)5-6-13(12)21-3/h5-7,10H,8-9H2,1-4H3,(H,16,18). The van der Waals surface area contributed by atoms with Crippen molar-refractivity contribution < 1.29 is 17.9 Å². The minimum atomic E-state index is -3.46. The average molecular weight is 349 g/mol. The number of benzene rings is 1. The molecule has 0 heterocycles. The van der Waals surface area contributed by atoms with Gasteiger partial charge in [-0.05, 0) is 24.1 Å². The summed E-state index contributed by atoms with van der Waals surface area (Å²) in [5.74, 6) is 0.113. The van der Waals surface area contributed by atoms with Gasteiger partial charge in [0.2, 0.25) is 15.9 Å². The number of sulfonamides is 1. The molecule has 0 bridgehead atoms. The van der Waals surface area contributed by atoms with E-state index in [2.05, 4.69) is 5.32 Å². The van der Waals surface area contributed by atoms with E-state index >= 15 is 0 Å². The molecular weight excluding hydrogens is 328 g/mol. The zero-order valence-corrected chi connectivity index (χ0v) is 14.7. The third-order valence-electron chi connectivity index (χ3n) is 2.79. The normalized spacial score (nSPS) is 11.8. The van der Waals surface area contributed by atoms with Gasteiger partial charge in [0.1, 0.15) is 5.75 Å². The molecule has 1 amide bonds. The molecule has 1 aromatic carbocycles. The summed E-state index contributed by atoms with van der Waals surface area (Å²) >= 11 is 5.89. The Balaban J connectivity index is 2.86. The van der Waals surface area contributed by atoms with Gasteiger partial charge in [0, 0.05) is 11.6 Å². The Morgan fingerprint density at radius 2 is 2.05 bits per heavy atom. The summed E-state index contributed by atoms with van der Waals surface area (Å²) in [5.41, 5.74) is 0.401. The summed E-state index contributed by atoms with van der Waals surface area (Å²) in [6.45, 7) is 3.79. The van der Waals surface area contributed by atoms with Crippen LogP contribution in [0.15, 0.2) is 18.2 Å². The molecule has 22 heavy (non-hydrogen) atoms. The Morgan fingerprint density at radius 3 is 2.55 bits per heavy atom. The van der Waals surface area contributed by atoms with Gasteiger partial charge in [0.25, 0.3) is 0 Å². The van der Waals surface area contributed by atoms with E-state index < -0.39 is 15.9 Å². The maximum atomic E-state index is 12.1. The van der Waals surface area contributed by atoms with Crippen LogP contribution >= 0.6 is 11.6 Å². The largest absolute Gasteiger partial charge is 0.495 e. The maximum Gasteiger partial charge on any atom is 0.239 e. The van der Waals surface area contributed by atoms with Crippen LogP contribution in [0.2, 0.25) is 5.02 Å². The van der Waals surface area contributed by atoms with Crippen molar-refractivity contribution in [3.63, 3.8) is 0 Å². The van der Waals surface area contributed by atoms with Crippen molar-refractivity contribution in [2.75, 3.05) is 31.8 Å². The number of methoxy groups -OCH3 is 1. The molecule has 0 aliphatic carbocycles. The molecule has 8 heteroatoms. The van der Waals surface area contributed by atoms with Gasteiger partial charge in [-0.2, -0.15) is 4.31 Å². The first-order valence-corrected chi connectivity index (χ1v) is 8.94. The van der Waals surface area contributed by atoms with E-state index in [1.807, 2.05) is 13.8 Å². The van der Waals surface area contributed by atoms with E-state index in [0.29, 0.717) is 16.5 Å². The van der Waals surface area contributed by atoms with Gasteiger partial charge < -0.3 is 10.1 Å². The third kappa shape index (κ3) is 5.82. The van der Waals surface area contributed by atoms with Crippen LogP contribution < -0.4 is 10.1 Å². The summed E-state index contributed by atoms with van der Waals surface area (Å²) in [7, 11) is -1.98. The zero-order chi connectivity index (χ0) is 16.9.